The zero-order valence-corrected chi connectivity index (χ0v) is 12.1. The third-order valence-electron chi connectivity index (χ3n) is 3.64. The average molecular weight is 300 g/mol. The summed E-state index contributed by atoms with van der Waals surface area (Å²) in [6, 6.07) is 7.86. The molecule has 3 rings (SSSR count). The van der Waals surface area contributed by atoms with Crippen LogP contribution < -0.4 is 5.32 Å². The van der Waals surface area contributed by atoms with Crippen LogP contribution in [0.5, 0.6) is 0 Å². The summed E-state index contributed by atoms with van der Waals surface area (Å²) in [5.74, 6) is -0.273. The van der Waals surface area contributed by atoms with E-state index in [1.54, 1.807) is 29.2 Å². The molecule has 22 heavy (non-hydrogen) atoms. The number of piperidine rings is 1. The van der Waals surface area contributed by atoms with Crippen LogP contribution in [0.1, 0.15) is 29.8 Å². The van der Waals surface area contributed by atoms with Crippen LogP contribution in [0.25, 0.3) is 0 Å². The van der Waals surface area contributed by atoms with E-state index in [9.17, 15) is 9.18 Å². The van der Waals surface area contributed by atoms with Crippen LogP contribution in [0.3, 0.4) is 0 Å². The van der Waals surface area contributed by atoms with Gasteiger partial charge in [0.2, 0.25) is 5.95 Å². The summed E-state index contributed by atoms with van der Waals surface area (Å²) in [4.78, 5) is 22.5. The maximum Gasteiger partial charge on any atom is 0.272 e. The molecule has 1 saturated heterocycles. The number of carbonyl (C=O) groups excluding carboxylic acids is 1. The Bertz CT molecular complexity index is 671. The molecular weight excluding hydrogens is 283 g/mol. The van der Waals surface area contributed by atoms with Crippen molar-refractivity contribution in [1.82, 2.24) is 14.9 Å². The highest BCUT2D eigenvalue weighted by atomic mass is 19.1. The number of amides is 1. The molecule has 1 aromatic carbocycles. The quantitative estimate of drug-likeness (QED) is 0.946. The Morgan fingerprint density at radius 2 is 1.91 bits per heavy atom. The largest absolute Gasteiger partial charge is 0.337 e. The third kappa shape index (κ3) is 3.21. The molecule has 0 radical (unpaired) electrons. The zero-order chi connectivity index (χ0) is 15.4. The normalized spacial score (nSPS) is 14.7. The van der Waals surface area contributed by atoms with Gasteiger partial charge >= 0.3 is 0 Å². The fraction of sp³-hybridized carbons (Fsp3) is 0.312. The van der Waals surface area contributed by atoms with Gasteiger partial charge in [-0.15, -0.1) is 0 Å². The molecule has 114 valence electrons. The Morgan fingerprint density at radius 1 is 1.14 bits per heavy atom. The van der Waals surface area contributed by atoms with Crippen LogP contribution in [0.15, 0.2) is 36.5 Å². The third-order valence-corrected chi connectivity index (χ3v) is 3.64. The van der Waals surface area contributed by atoms with E-state index in [0.29, 0.717) is 5.69 Å². The lowest BCUT2D eigenvalue weighted by Gasteiger charge is -2.26. The number of carbonyl (C=O) groups is 1. The first-order valence-electron chi connectivity index (χ1n) is 7.38. The Balaban J connectivity index is 1.77. The van der Waals surface area contributed by atoms with E-state index in [4.69, 9.17) is 0 Å². The smallest absolute Gasteiger partial charge is 0.272 e. The van der Waals surface area contributed by atoms with Crippen LogP contribution >= 0.6 is 0 Å². The fourth-order valence-electron chi connectivity index (χ4n) is 2.48. The van der Waals surface area contributed by atoms with Gasteiger partial charge in [-0.2, -0.15) is 0 Å². The number of hydrogen-bond donors (Lipinski definition) is 1. The van der Waals surface area contributed by atoms with Crippen LogP contribution in [0, 0.1) is 5.82 Å². The van der Waals surface area contributed by atoms with E-state index in [1.807, 2.05) is 0 Å². The molecule has 0 bridgehead atoms. The fourth-order valence-corrected chi connectivity index (χ4v) is 2.48. The standard InChI is InChI=1S/C16H17FN4O/c17-12-6-2-3-7-13(12)19-16-18-9-8-14(20-16)15(22)21-10-4-1-5-11-21/h2-3,6-9H,1,4-5,10-11H2,(H,18,19,20). The lowest BCUT2D eigenvalue weighted by Crippen LogP contribution is -2.36. The van der Waals surface area contributed by atoms with E-state index >= 15 is 0 Å². The molecule has 2 aromatic rings. The Hall–Kier alpha value is -2.50. The predicted molar refractivity (Wildman–Crippen MR) is 81.5 cm³/mol. The number of aromatic nitrogens is 2. The minimum absolute atomic E-state index is 0.0984. The Labute approximate surface area is 128 Å². The SMILES string of the molecule is O=C(c1ccnc(Nc2ccccc2F)n1)N1CCCCC1. The number of para-hydroxylation sites is 1. The zero-order valence-electron chi connectivity index (χ0n) is 12.1. The molecule has 0 saturated carbocycles. The highest BCUT2D eigenvalue weighted by Crippen LogP contribution is 2.17. The molecule has 1 aromatic heterocycles. The highest BCUT2D eigenvalue weighted by Gasteiger charge is 2.19. The summed E-state index contributed by atoms with van der Waals surface area (Å²) in [5, 5.41) is 2.80. The van der Waals surface area contributed by atoms with E-state index < -0.39 is 0 Å². The molecule has 1 amide bonds. The van der Waals surface area contributed by atoms with Gasteiger partial charge < -0.3 is 10.2 Å². The second-order valence-electron chi connectivity index (χ2n) is 5.22. The topological polar surface area (TPSA) is 58.1 Å². The van der Waals surface area contributed by atoms with Gasteiger partial charge in [-0.3, -0.25) is 4.79 Å². The summed E-state index contributed by atoms with van der Waals surface area (Å²) < 4.78 is 13.6. The van der Waals surface area contributed by atoms with E-state index in [2.05, 4.69) is 15.3 Å². The predicted octanol–water partition coefficient (Wildman–Crippen LogP) is 2.99. The first-order valence-corrected chi connectivity index (χ1v) is 7.38. The van der Waals surface area contributed by atoms with Gasteiger partial charge in [-0.25, -0.2) is 14.4 Å². The summed E-state index contributed by atoms with van der Waals surface area (Å²) in [7, 11) is 0. The number of nitrogens with zero attached hydrogens (tertiary/aromatic N) is 3. The van der Waals surface area contributed by atoms with Crippen molar-refractivity contribution in [2.75, 3.05) is 18.4 Å². The Kier molecular flexibility index (Phi) is 4.27. The molecule has 0 spiro atoms. The molecule has 1 aliphatic heterocycles. The van der Waals surface area contributed by atoms with E-state index in [1.165, 1.54) is 12.3 Å². The molecule has 0 aliphatic carbocycles. The summed E-state index contributed by atoms with van der Waals surface area (Å²) >= 11 is 0. The summed E-state index contributed by atoms with van der Waals surface area (Å²) in [5.41, 5.74) is 0.612. The maximum absolute atomic E-state index is 13.6. The Morgan fingerprint density at radius 3 is 2.68 bits per heavy atom. The summed E-state index contributed by atoms with van der Waals surface area (Å²) in [6.07, 6.45) is 4.72. The first-order chi connectivity index (χ1) is 10.7. The molecule has 1 fully saturated rings. The van der Waals surface area contributed by atoms with Gasteiger partial charge in [-0.05, 0) is 37.5 Å². The number of rotatable bonds is 3. The van der Waals surface area contributed by atoms with Gasteiger partial charge in [0.15, 0.2) is 0 Å². The van der Waals surface area contributed by atoms with Crippen molar-refractivity contribution >= 4 is 17.5 Å². The van der Waals surface area contributed by atoms with E-state index in [-0.39, 0.29) is 23.4 Å². The number of halogens is 1. The number of benzene rings is 1. The second-order valence-corrected chi connectivity index (χ2v) is 5.22. The van der Waals surface area contributed by atoms with Crippen LogP contribution in [-0.2, 0) is 0 Å². The van der Waals surface area contributed by atoms with Crippen molar-refractivity contribution in [1.29, 1.82) is 0 Å². The van der Waals surface area contributed by atoms with Crippen molar-refractivity contribution in [2.24, 2.45) is 0 Å². The van der Waals surface area contributed by atoms with Crippen LogP contribution in [0.4, 0.5) is 16.0 Å². The number of anilines is 2. The van der Waals surface area contributed by atoms with Gasteiger partial charge in [-0.1, -0.05) is 12.1 Å². The molecule has 1 N–H and O–H groups in total. The minimum atomic E-state index is -0.390. The van der Waals surface area contributed by atoms with Crippen LogP contribution in [0.2, 0.25) is 0 Å². The second kappa shape index (κ2) is 6.51. The number of hydrogen-bond acceptors (Lipinski definition) is 4. The molecule has 6 heteroatoms. The lowest BCUT2D eigenvalue weighted by atomic mass is 10.1. The summed E-state index contributed by atoms with van der Waals surface area (Å²) in [6.45, 7) is 1.53. The number of likely N-dealkylation sites (tertiary alicyclic amines) is 1. The average Bonchev–Trinajstić information content (AvgIpc) is 2.57. The van der Waals surface area contributed by atoms with Crippen LogP contribution in [-0.4, -0.2) is 33.9 Å². The molecule has 1 aliphatic rings. The lowest BCUT2D eigenvalue weighted by molar-refractivity contribution is 0.0718. The van der Waals surface area contributed by atoms with Gasteiger partial charge in [0.05, 0.1) is 5.69 Å². The van der Waals surface area contributed by atoms with Gasteiger partial charge in [0.1, 0.15) is 11.5 Å². The van der Waals surface area contributed by atoms with Crippen molar-refractivity contribution in [3.05, 3.63) is 48.0 Å². The highest BCUT2D eigenvalue weighted by molar-refractivity contribution is 5.92. The molecular formula is C16H17FN4O. The van der Waals surface area contributed by atoms with E-state index in [0.717, 1.165) is 32.4 Å². The van der Waals surface area contributed by atoms with Crippen molar-refractivity contribution < 1.29 is 9.18 Å². The van der Waals surface area contributed by atoms with Crippen molar-refractivity contribution in [2.45, 2.75) is 19.3 Å². The number of nitrogens with one attached hydrogen (secondary N) is 1. The first kappa shape index (κ1) is 14.4. The molecule has 0 atom stereocenters. The van der Waals surface area contributed by atoms with Crippen molar-refractivity contribution in [3.63, 3.8) is 0 Å². The molecule has 2 heterocycles. The van der Waals surface area contributed by atoms with Gasteiger partial charge in [0, 0.05) is 19.3 Å². The van der Waals surface area contributed by atoms with Gasteiger partial charge in [0.25, 0.3) is 5.91 Å². The molecule has 5 nitrogen and oxygen atoms in total. The molecule has 0 unspecified atom stereocenters. The minimum Gasteiger partial charge on any atom is -0.337 e. The monoisotopic (exact) mass is 300 g/mol. The van der Waals surface area contributed by atoms with Crippen molar-refractivity contribution in [3.8, 4) is 0 Å². The maximum atomic E-state index is 13.6.